The zero-order valence-corrected chi connectivity index (χ0v) is 23.4. The van der Waals surface area contributed by atoms with Gasteiger partial charge in [0.05, 0.1) is 17.2 Å². The van der Waals surface area contributed by atoms with E-state index in [4.69, 9.17) is 37.4 Å². The second-order valence-corrected chi connectivity index (χ2v) is 9.67. The molecule has 0 saturated carbocycles. The lowest BCUT2D eigenvalue weighted by atomic mass is 10.1. The lowest BCUT2D eigenvalue weighted by Gasteiger charge is -2.14. The zero-order valence-electron chi connectivity index (χ0n) is 21.9. The number of amides is 1. The van der Waals surface area contributed by atoms with E-state index in [9.17, 15) is 10.1 Å². The normalized spacial score (nSPS) is 10.9. The summed E-state index contributed by atoms with van der Waals surface area (Å²) in [5, 5.41) is 12.7. The quantitative estimate of drug-likeness (QED) is 0.154. The van der Waals surface area contributed by atoms with Crippen LogP contribution >= 0.6 is 23.2 Å². The number of rotatable bonds is 10. The van der Waals surface area contributed by atoms with Gasteiger partial charge >= 0.3 is 0 Å². The van der Waals surface area contributed by atoms with Crippen LogP contribution in [-0.4, -0.2) is 13.0 Å². The number of methoxy groups -OCH3 is 1. The van der Waals surface area contributed by atoms with Gasteiger partial charge in [0.15, 0.2) is 17.2 Å². The van der Waals surface area contributed by atoms with Crippen molar-refractivity contribution in [2.75, 3.05) is 12.4 Å². The van der Waals surface area contributed by atoms with Crippen molar-refractivity contribution in [1.29, 1.82) is 5.26 Å². The first kappa shape index (κ1) is 28.6. The van der Waals surface area contributed by atoms with Crippen LogP contribution < -0.4 is 19.5 Å². The van der Waals surface area contributed by atoms with Crippen molar-refractivity contribution in [3.05, 3.63) is 123 Å². The first-order valence-electron chi connectivity index (χ1n) is 12.3. The third-order valence-electron chi connectivity index (χ3n) is 5.85. The number of carbonyl (C=O) groups is 1. The molecule has 4 aromatic carbocycles. The average molecular weight is 573 g/mol. The van der Waals surface area contributed by atoms with E-state index >= 15 is 0 Å². The molecule has 0 bridgehead atoms. The number of nitrogens with zero attached hydrogens (tertiary/aromatic N) is 1. The fourth-order valence-electron chi connectivity index (χ4n) is 3.76. The highest BCUT2D eigenvalue weighted by Gasteiger charge is 2.14. The van der Waals surface area contributed by atoms with Crippen molar-refractivity contribution in [3.8, 4) is 23.3 Å². The standard InChI is InChI=1S/C32H26Cl2N2O4/c1-21-8-11-26(12-9-21)36-32(37)25(18-35)14-24-15-27(33)31(28(34)16-24)40-20-23-10-13-29(30(17-23)38-2)39-19-22-6-4-3-5-7-22/h3-17H,19-20H2,1-2H3,(H,36,37)/b25-14-. The highest BCUT2D eigenvalue weighted by molar-refractivity contribution is 6.37. The predicted molar refractivity (Wildman–Crippen MR) is 158 cm³/mol. The Kier molecular flexibility index (Phi) is 9.69. The van der Waals surface area contributed by atoms with E-state index in [1.807, 2.05) is 73.7 Å². The van der Waals surface area contributed by atoms with Gasteiger partial charge in [-0.05, 0) is 66.1 Å². The Morgan fingerprint density at radius 1 is 0.875 bits per heavy atom. The number of aryl methyl sites for hydroxylation is 1. The molecule has 40 heavy (non-hydrogen) atoms. The number of ether oxygens (including phenoxy) is 3. The average Bonchev–Trinajstić information content (AvgIpc) is 2.96. The summed E-state index contributed by atoms with van der Waals surface area (Å²) in [7, 11) is 1.58. The molecule has 4 rings (SSSR count). The highest BCUT2D eigenvalue weighted by Crippen LogP contribution is 2.36. The molecule has 0 aliphatic heterocycles. The second-order valence-electron chi connectivity index (χ2n) is 8.85. The van der Waals surface area contributed by atoms with Gasteiger partial charge < -0.3 is 19.5 Å². The summed E-state index contributed by atoms with van der Waals surface area (Å²) in [6, 6.07) is 27.7. The lowest BCUT2D eigenvalue weighted by Crippen LogP contribution is -2.13. The molecule has 0 unspecified atom stereocenters. The van der Waals surface area contributed by atoms with Gasteiger partial charge in [-0.15, -0.1) is 0 Å². The third kappa shape index (κ3) is 7.57. The van der Waals surface area contributed by atoms with Gasteiger partial charge in [0, 0.05) is 5.69 Å². The van der Waals surface area contributed by atoms with Crippen LogP contribution in [0, 0.1) is 18.3 Å². The summed E-state index contributed by atoms with van der Waals surface area (Å²) in [4.78, 5) is 12.6. The number of carbonyl (C=O) groups excluding carboxylic acids is 1. The number of halogens is 2. The molecule has 0 fully saturated rings. The minimum absolute atomic E-state index is 0.0944. The summed E-state index contributed by atoms with van der Waals surface area (Å²) < 4.78 is 17.3. The molecule has 0 heterocycles. The van der Waals surface area contributed by atoms with E-state index in [1.54, 1.807) is 31.4 Å². The highest BCUT2D eigenvalue weighted by atomic mass is 35.5. The first-order chi connectivity index (χ1) is 19.4. The van der Waals surface area contributed by atoms with Crippen molar-refractivity contribution >= 4 is 40.9 Å². The van der Waals surface area contributed by atoms with E-state index in [1.165, 1.54) is 6.08 Å². The van der Waals surface area contributed by atoms with Gasteiger partial charge in [0.25, 0.3) is 5.91 Å². The summed E-state index contributed by atoms with van der Waals surface area (Å²) in [5.41, 5.74) is 3.91. The molecule has 202 valence electrons. The van der Waals surface area contributed by atoms with Crippen molar-refractivity contribution in [2.45, 2.75) is 20.1 Å². The molecule has 0 saturated heterocycles. The van der Waals surface area contributed by atoms with Crippen LogP contribution in [0.4, 0.5) is 5.69 Å². The molecular formula is C32H26Cl2N2O4. The molecule has 0 radical (unpaired) electrons. The Bertz CT molecular complexity index is 1540. The molecular weight excluding hydrogens is 547 g/mol. The van der Waals surface area contributed by atoms with Crippen LogP contribution in [0.3, 0.4) is 0 Å². The van der Waals surface area contributed by atoms with Crippen LogP contribution in [0.2, 0.25) is 10.0 Å². The molecule has 4 aromatic rings. The van der Waals surface area contributed by atoms with Crippen LogP contribution in [-0.2, 0) is 18.0 Å². The molecule has 0 aliphatic rings. The molecule has 0 spiro atoms. The molecule has 0 aromatic heterocycles. The minimum Gasteiger partial charge on any atom is -0.493 e. The monoisotopic (exact) mass is 572 g/mol. The van der Waals surface area contributed by atoms with Gasteiger partial charge in [-0.2, -0.15) is 5.26 Å². The van der Waals surface area contributed by atoms with Crippen LogP contribution in [0.15, 0.2) is 90.5 Å². The number of nitrogens with one attached hydrogen (secondary N) is 1. The van der Waals surface area contributed by atoms with Gasteiger partial charge in [-0.1, -0.05) is 77.3 Å². The molecule has 6 nitrogen and oxygen atoms in total. The smallest absolute Gasteiger partial charge is 0.266 e. The zero-order chi connectivity index (χ0) is 28.5. The van der Waals surface area contributed by atoms with Crippen LogP contribution in [0.25, 0.3) is 6.08 Å². The fourth-order valence-corrected chi connectivity index (χ4v) is 4.38. The van der Waals surface area contributed by atoms with E-state index in [0.717, 1.165) is 16.7 Å². The number of nitriles is 1. The first-order valence-corrected chi connectivity index (χ1v) is 13.1. The minimum atomic E-state index is -0.538. The summed E-state index contributed by atoms with van der Waals surface area (Å²) in [5.74, 6) is 0.931. The lowest BCUT2D eigenvalue weighted by molar-refractivity contribution is -0.112. The van der Waals surface area contributed by atoms with Crippen molar-refractivity contribution in [2.24, 2.45) is 0 Å². The van der Waals surface area contributed by atoms with E-state index in [-0.39, 0.29) is 28.0 Å². The van der Waals surface area contributed by atoms with Crippen molar-refractivity contribution < 1.29 is 19.0 Å². The van der Waals surface area contributed by atoms with Gasteiger partial charge in [-0.25, -0.2) is 0 Å². The number of anilines is 1. The summed E-state index contributed by atoms with van der Waals surface area (Å²) >= 11 is 12.9. The Balaban J connectivity index is 1.43. The maximum Gasteiger partial charge on any atom is 0.266 e. The Morgan fingerprint density at radius 3 is 2.20 bits per heavy atom. The Morgan fingerprint density at radius 2 is 1.55 bits per heavy atom. The summed E-state index contributed by atoms with van der Waals surface area (Å²) in [6.45, 7) is 2.54. The van der Waals surface area contributed by atoms with E-state index in [2.05, 4.69) is 5.32 Å². The van der Waals surface area contributed by atoms with Crippen LogP contribution in [0.5, 0.6) is 17.2 Å². The molecule has 1 amide bonds. The maximum absolute atomic E-state index is 12.6. The number of benzene rings is 4. The fraction of sp³-hybridized carbons (Fsp3) is 0.125. The largest absolute Gasteiger partial charge is 0.493 e. The van der Waals surface area contributed by atoms with Crippen molar-refractivity contribution in [3.63, 3.8) is 0 Å². The third-order valence-corrected chi connectivity index (χ3v) is 6.42. The molecule has 8 heteroatoms. The summed E-state index contributed by atoms with van der Waals surface area (Å²) in [6.07, 6.45) is 1.42. The van der Waals surface area contributed by atoms with E-state index < -0.39 is 5.91 Å². The Labute approximate surface area is 243 Å². The number of hydrogen-bond acceptors (Lipinski definition) is 5. The Hall–Kier alpha value is -4.44. The molecule has 1 N–H and O–H groups in total. The molecule has 0 atom stereocenters. The topological polar surface area (TPSA) is 80.6 Å². The second kappa shape index (κ2) is 13.6. The SMILES string of the molecule is COc1cc(COc2c(Cl)cc(/C=C(/C#N)C(=O)Nc3ccc(C)cc3)cc2Cl)ccc1OCc1ccccc1. The molecule has 0 aliphatic carbocycles. The van der Waals surface area contributed by atoms with Gasteiger partial charge in [-0.3, -0.25) is 4.79 Å². The van der Waals surface area contributed by atoms with Gasteiger partial charge in [0.1, 0.15) is 24.9 Å². The van der Waals surface area contributed by atoms with E-state index in [0.29, 0.717) is 29.4 Å². The number of hydrogen-bond donors (Lipinski definition) is 1. The van der Waals surface area contributed by atoms with Crippen LogP contribution in [0.1, 0.15) is 22.3 Å². The predicted octanol–water partition coefficient (Wildman–Crippen LogP) is 8.01. The van der Waals surface area contributed by atoms with Gasteiger partial charge in [0.2, 0.25) is 0 Å². The maximum atomic E-state index is 12.6. The van der Waals surface area contributed by atoms with Crippen molar-refractivity contribution in [1.82, 2.24) is 0 Å².